The Balaban J connectivity index is 1.56. The first-order chi connectivity index (χ1) is 17.1. The molecule has 184 valence electrons. The van der Waals surface area contributed by atoms with Crippen LogP contribution in [0.15, 0.2) is 51.7 Å². The highest BCUT2D eigenvalue weighted by Gasteiger charge is 2.42. The molecule has 1 aromatic heterocycles. The van der Waals surface area contributed by atoms with Crippen LogP contribution in [0.1, 0.15) is 53.1 Å². The van der Waals surface area contributed by atoms with Crippen LogP contribution in [-0.4, -0.2) is 61.7 Å². The molecule has 7 nitrogen and oxygen atoms in total. The molecule has 2 aliphatic rings. The van der Waals surface area contributed by atoms with E-state index in [4.69, 9.17) is 13.9 Å². The van der Waals surface area contributed by atoms with Gasteiger partial charge < -0.3 is 18.8 Å². The zero-order valence-electron chi connectivity index (χ0n) is 20.4. The van der Waals surface area contributed by atoms with Crippen molar-refractivity contribution in [2.45, 2.75) is 32.7 Å². The predicted molar refractivity (Wildman–Crippen MR) is 134 cm³/mol. The van der Waals surface area contributed by atoms with Crippen LogP contribution in [-0.2, 0) is 4.74 Å². The van der Waals surface area contributed by atoms with Crippen molar-refractivity contribution in [3.63, 3.8) is 0 Å². The molecule has 3 aromatic rings. The molecule has 2 aromatic carbocycles. The Morgan fingerprint density at radius 3 is 2.69 bits per heavy atom. The van der Waals surface area contributed by atoms with Crippen molar-refractivity contribution < 1.29 is 18.7 Å². The summed E-state index contributed by atoms with van der Waals surface area (Å²) in [7, 11) is 0. The number of amides is 1. The molecule has 5 rings (SSSR count). The molecule has 1 amide bonds. The van der Waals surface area contributed by atoms with Crippen LogP contribution in [0.4, 0.5) is 0 Å². The average molecular weight is 477 g/mol. The van der Waals surface area contributed by atoms with Crippen molar-refractivity contribution in [1.29, 1.82) is 0 Å². The van der Waals surface area contributed by atoms with Gasteiger partial charge in [0, 0.05) is 26.2 Å². The van der Waals surface area contributed by atoms with E-state index < -0.39 is 6.04 Å². The summed E-state index contributed by atoms with van der Waals surface area (Å²) in [6, 6.07) is 12.7. The lowest BCUT2D eigenvalue weighted by Crippen LogP contribution is -2.42. The molecule has 1 atom stereocenters. The second-order valence-corrected chi connectivity index (χ2v) is 9.30. The summed E-state index contributed by atoms with van der Waals surface area (Å²) in [4.78, 5) is 31.5. The van der Waals surface area contributed by atoms with Crippen molar-refractivity contribution >= 4 is 16.9 Å². The monoisotopic (exact) mass is 476 g/mol. The zero-order valence-corrected chi connectivity index (χ0v) is 20.4. The topological polar surface area (TPSA) is 72.2 Å². The molecule has 0 radical (unpaired) electrons. The number of nitrogens with zero attached hydrogens (tertiary/aromatic N) is 2. The Bertz CT molecular complexity index is 1280. The maximum atomic E-state index is 13.8. The highest BCUT2D eigenvalue weighted by molar-refractivity contribution is 5.99. The molecular weight excluding hydrogens is 444 g/mol. The fraction of sp³-hybridized carbons (Fsp3) is 0.429. The van der Waals surface area contributed by atoms with Crippen molar-refractivity contribution in [1.82, 2.24) is 9.80 Å². The van der Waals surface area contributed by atoms with E-state index in [0.29, 0.717) is 49.4 Å². The maximum absolute atomic E-state index is 13.8. The lowest BCUT2D eigenvalue weighted by molar-refractivity contribution is 0.0314. The zero-order chi connectivity index (χ0) is 24.4. The molecule has 0 saturated carbocycles. The van der Waals surface area contributed by atoms with Crippen LogP contribution in [0.2, 0.25) is 0 Å². The van der Waals surface area contributed by atoms with Crippen LogP contribution < -0.4 is 10.2 Å². The number of rotatable bonds is 8. The summed E-state index contributed by atoms with van der Waals surface area (Å²) in [5.74, 6) is 0.650. The van der Waals surface area contributed by atoms with E-state index in [2.05, 4.69) is 11.8 Å². The van der Waals surface area contributed by atoms with Gasteiger partial charge in [0.1, 0.15) is 11.3 Å². The molecule has 0 bridgehead atoms. The third kappa shape index (κ3) is 4.70. The molecule has 1 fully saturated rings. The SMILES string of the molecule is CCCCOc1cccc(C2c3c(oc4ccc(C)cc4c3=O)C(=O)N2CCN2CCOCC2)c1. The van der Waals surface area contributed by atoms with Gasteiger partial charge >= 0.3 is 0 Å². The number of aryl methyl sites for hydroxylation is 1. The fourth-order valence-corrected chi connectivity index (χ4v) is 4.89. The number of morpholine rings is 1. The van der Waals surface area contributed by atoms with E-state index in [1.165, 1.54) is 0 Å². The minimum absolute atomic E-state index is 0.144. The Hall–Kier alpha value is -3.16. The summed E-state index contributed by atoms with van der Waals surface area (Å²) in [5, 5.41) is 0.506. The van der Waals surface area contributed by atoms with Crippen LogP contribution in [0.5, 0.6) is 5.75 Å². The molecule has 0 aliphatic carbocycles. The van der Waals surface area contributed by atoms with Crippen molar-refractivity contribution in [3.05, 3.63) is 75.1 Å². The van der Waals surface area contributed by atoms with E-state index in [-0.39, 0.29) is 17.1 Å². The van der Waals surface area contributed by atoms with Gasteiger partial charge in [0.25, 0.3) is 5.91 Å². The second kappa shape index (κ2) is 10.2. The molecular formula is C28H32N2O5. The first kappa shape index (κ1) is 23.6. The molecule has 1 saturated heterocycles. The van der Waals surface area contributed by atoms with Gasteiger partial charge in [-0.2, -0.15) is 0 Å². The average Bonchev–Trinajstić information content (AvgIpc) is 3.16. The number of ether oxygens (including phenoxy) is 2. The minimum Gasteiger partial charge on any atom is -0.494 e. The fourth-order valence-electron chi connectivity index (χ4n) is 4.89. The molecule has 7 heteroatoms. The lowest BCUT2D eigenvalue weighted by Gasteiger charge is -2.31. The minimum atomic E-state index is -0.519. The van der Waals surface area contributed by atoms with E-state index in [1.54, 1.807) is 11.0 Å². The van der Waals surface area contributed by atoms with Gasteiger partial charge in [0.05, 0.1) is 36.8 Å². The van der Waals surface area contributed by atoms with Gasteiger partial charge in [-0.3, -0.25) is 14.5 Å². The summed E-state index contributed by atoms with van der Waals surface area (Å²) in [6.07, 6.45) is 2.02. The van der Waals surface area contributed by atoms with Crippen molar-refractivity contribution in [2.24, 2.45) is 0 Å². The Labute approximate surface area is 205 Å². The predicted octanol–water partition coefficient (Wildman–Crippen LogP) is 4.16. The normalized spacial score (nSPS) is 18.3. The first-order valence-corrected chi connectivity index (χ1v) is 12.5. The molecule has 0 N–H and O–H groups in total. The van der Waals surface area contributed by atoms with Gasteiger partial charge in [-0.15, -0.1) is 0 Å². The molecule has 1 unspecified atom stereocenters. The third-order valence-corrected chi connectivity index (χ3v) is 6.82. The number of fused-ring (bicyclic) bond motifs is 2. The van der Waals surface area contributed by atoms with Gasteiger partial charge in [-0.05, 0) is 43.2 Å². The van der Waals surface area contributed by atoms with E-state index >= 15 is 0 Å². The van der Waals surface area contributed by atoms with Crippen LogP contribution in [0.25, 0.3) is 11.0 Å². The Kier molecular flexibility index (Phi) is 6.88. The standard InChI is InChI=1S/C28H32N2O5/c1-3-4-14-34-21-7-5-6-20(18-21)25-24-26(31)22-17-19(2)8-9-23(22)35-27(24)28(32)30(25)11-10-29-12-15-33-16-13-29/h5-9,17-18,25H,3-4,10-16H2,1-2H3. The van der Waals surface area contributed by atoms with Crippen LogP contribution >= 0.6 is 0 Å². The van der Waals surface area contributed by atoms with E-state index in [9.17, 15) is 9.59 Å². The van der Waals surface area contributed by atoms with Gasteiger partial charge in [-0.1, -0.05) is 37.1 Å². The van der Waals surface area contributed by atoms with Crippen molar-refractivity contribution in [2.75, 3.05) is 46.0 Å². The lowest BCUT2D eigenvalue weighted by atomic mass is 9.98. The van der Waals surface area contributed by atoms with Gasteiger partial charge in [-0.25, -0.2) is 0 Å². The smallest absolute Gasteiger partial charge is 0.290 e. The third-order valence-electron chi connectivity index (χ3n) is 6.82. The highest BCUT2D eigenvalue weighted by Crippen LogP contribution is 2.39. The Morgan fingerprint density at radius 1 is 1.06 bits per heavy atom. The van der Waals surface area contributed by atoms with E-state index in [1.807, 2.05) is 43.3 Å². The number of hydrogen-bond acceptors (Lipinski definition) is 6. The quantitative estimate of drug-likeness (QED) is 0.455. The molecule has 35 heavy (non-hydrogen) atoms. The van der Waals surface area contributed by atoms with Gasteiger partial charge in [0.15, 0.2) is 5.43 Å². The number of benzene rings is 2. The van der Waals surface area contributed by atoms with Crippen molar-refractivity contribution in [3.8, 4) is 5.75 Å². The number of carbonyl (C=O) groups is 1. The summed E-state index contributed by atoms with van der Waals surface area (Å²) >= 11 is 0. The van der Waals surface area contributed by atoms with Crippen LogP contribution in [0.3, 0.4) is 0 Å². The first-order valence-electron chi connectivity index (χ1n) is 12.5. The summed E-state index contributed by atoms with van der Waals surface area (Å²) in [6.45, 7) is 8.95. The number of hydrogen-bond donors (Lipinski definition) is 0. The van der Waals surface area contributed by atoms with Crippen LogP contribution in [0, 0.1) is 6.92 Å². The number of unbranched alkanes of at least 4 members (excludes halogenated alkanes) is 1. The van der Waals surface area contributed by atoms with Gasteiger partial charge in [0.2, 0.25) is 5.76 Å². The largest absolute Gasteiger partial charge is 0.494 e. The van der Waals surface area contributed by atoms with E-state index in [0.717, 1.165) is 42.8 Å². The summed E-state index contributed by atoms with van der Waals surface area (Å²) in [5.41, 5.74) is 2.54. The highest BCUT2D eigenvalue weighted by atomic mass is 16.5. The second-order valence-electron chi connectivity index (χ2n) is 9.30. The summed E-state index contributed by atoms with van der Waals surface area (Å²) < 4.78 is 17.5. The Morgan fingerprint density at radius 2 is 1.89 bits per heavy atom. The molecule has 2 aliphatic heterocycles. The maximum Gasteiger partial charge on any atom is 0.290 e. The number of carbonyl (C=O) groups excluding carboxylic acids is 1. The molecule has 0 spiro atoms. The molecule has 3 heterocycles.